The van der Waals surface area contributed by atoms with Gasteiger partial charge in [0.25, 0.3) is 0 Å². The summed E-state index contributed by atoms with van der Waals surface area (Å²) in [6.45, 7) is 0.0390. The summed E-state index contributed by atoms with van der Waals surface area (Å²) >= 11 is 11.9. The van der Waals surface area contributed by atoms with E-state index in [2.05, 4.69) is 20.6 Å². The Kier molecular flexibility index (Phi) is 7.48. The Balaban J connectivity index is 1.45. The topological polar surface area (TPSA) is 131 Å². The largest absolute Gasteiger partial charge is 0.481 e. The number of carbonyl (C=O) groups is 3. The van der Waals surface area contributed by atoms with Crippen molar-refractivity contribution < 1.29 is 24.2 Å². The molecule has 1 aromatic heterocycles. The van der Waals surface area contributed by atoms with Crippen LogP contribution in [-0.2, 0) is 14.3 Å². The quantitative estimate of drug-likeness (QED) is 0.377. The van der Waals surface area contributed by atoms with Gasteiger partial charge in [0.1, 0.15) is 24.7 Å². The van der Waals surface area contributed by atoms with Crippen LogP contribution < -0.4 is 10.6 Å². The van der Waals surface area contributed by atoms with Crippen LogP contribution in [-0.4, -0.2) is 45.7 Å². The van der Waals surface area contributed by atoms with Gasteiger partial charge in [0.15, 0.2) is 10.3 Å². The van der Waals surface area contributed by atoms with Crippen LogP contribution >= 0.6 is 23.2 Å². The van der Waals surface area contributed by atoms with E-state index in [1.54, 1.807) is 0 Å². The molecule has 1 unspecified atom stereocenters. The van der Waals surface area contributed by atoms with Crippen LogP contribution in [0.5, 0.6) is 0 Å². The zero-order valence-electron chi connectivity index (χ0n) is 18.2. The van der Waals surface area contributed by atoms with E-state index in [0.717, 1.165) is 28.6 Å². The Hall–Kier alpha value is -3.69. The molecule has 9 nitrogen and oxygen atoms in total. The minimum absolute atomic E-state index is 0.0390. The van der Waals surface area contributed by atoms with Gasteiger partial charge in [-0.25, -0.2) is 14.8 Å². The fraction of sp³-hybridized carbons (Fsp3) is 0.208. The van der Waals surface area contributed by atoms with Crippen LogP contribution in [0.25, 0.3) is 11.1 Å². The molecule has 4 rings (SSSR count). The summed E-state index contributed by atoms with van der Waals surface area (Å²) in [4.78, 5) is 44.0. The summed E-state index contributed by atoms with van der Waals surface area (Å²) in [5, 5.41) is 13.7. The van der Waals surface area contributed by atoms with Gasteiger partial charge < -0.3 is 20.5 Å². The number of hydrogen-bond acceptors (Lipinski definition) is 6. The van der Waals surface area contributed by atoms with Gasteiger partial charge in [0.05, 0.1) is 0 Å². The van der Waals surface area contributed by atoms with Gasteiger partial charge in [-0.15, -0.1) is 0 Å². The lowest BCUT2D eigenvalue weighted by molar-refractivity contribution is -0.137. The van der Waals surface area contributed by atoms with Crippen molar-refractivity contribution in [1.29, 1.82) is 0 Å². The molecule has 0 saturated heterocycles. The normalized spacial score (nSPS) is 12.9. The highest BCUT2D eigenvalue weighted by molar-refractivity contribution is 6.38. The smallest absolute Gasteiger partial charge is 0.407 e. The second-order valence-corrected chi connectivity index (χ2v) is 8.49. The van der Waals surface area contributed by atoms with Crippen LogP contribution in [0, 0.1) is 0 Å². The molecule has 1 aliphatic carbocycles. The number of halogens is 2. The van der Waals surface area contributed by atoms with Crippen molar-refractivity contribution in [3.05, 3.63) is 76.3 Å². The maximum Gasteiger partial charge on any atom is 0.407 e. The minimum Gasteiger partial charge on any atom is -0.481 e. The number of nitrogens with one attached hydrogen (secondary N) is 2. The van der Waals surface area contributed by atoms with E-state index in [-0.39, 0.29) is 41.4 Å². The summed E-state index contributed by atoms with van der Waals surface area (Å²) in [6.07, 6.45) is -0.293. The number of ether oxygens (including phenoxy) is 1. The number of rotatable bonds is 8. The van der Waals surface area contributed by atoms with E-state index >= 15 is 0 Å². The van der Waals surface area contributed by atoms with Gasteiger partial charge in [-0.05, 0) is 28.7 Å². The molecule has 2 amide bonds. The highest BCUT2D eigenvalue weighted by atomic mass is 35.5. The first-order valence-electron chi connectivity index (χ1n) is 10.6. The number of amides is 2. The summed E-state index contributed by atoms with van der Waals surface area (Å²) in [6, 6.07) is 14.5. The van der Waals surface area contributed by atoms with E-state index in [0.29, 0.717) is 0 Å². The molecule has 0 spiro atoms. The van der Waals surface area contributed by atoms with Crippen molar-refractivity contribution in [2.45, 2.75) is 24.8 Å². The molecule has 11 heteroatoms. The maximum absolute atomic E-state index is 12.8. The maximum atomic E-state index is 12.8. The van der Waals surface area contributed by atoms with Gasteiger partial charge in [0.2, 0.25) is 5.91 Å². The molecule has 0 fully saturated rings. The first-order valence-corrected chi connectivity index (χ1v) is 11.4. The number of benzene rings is 2. The highest BCUT2D eigenvalue weighted by Gasteiger charge is 2.30. The lowest BCUT2D eigenvalue weighted by atomic mass is 9.98. The molecule has 1 aliphatic rings. The van der Waals surface area contributed by atoms with Crippen LogP contribution in [0.4, 0.5) is 10.5 Å². The van der Waals surface area contributed by atoms with Crippen LogP contribution in [0.1, 0.15) is 29.9 Å². The van der Waals surface area contributed by atoms with Gasteiger partial charge in [-0.3, -0.25) is 9.59 Å². The van der Waals surface area contributed by atoms with Crippen molar-refractivity contribution in [1.82, 2.24) is 15.3 Å². The van der Waals surface area contributed by atoms with E-state index in [1.165, 1.54) is 0 Å². The number of hydrogen-bond donors (Lipinski definition) is 3. The number of aliphatic carboxylic acids is 1. The second kappa shape index (κ2) is 10.7. The SMILES string of the molecule is O=C(O)CCC(NC(=O)OCC1c2ccccc2-c2ccccc21)C(=O)Nc1c(Cl)ncnc1Cl. The number of nitrogens with zero attached hydrogens (tertiary/aromatic N) is 2. The molecule has 3 N–H and O–H groups in total. The molecule has 1 atom stereocenters. The first-order chi connectivity index (χ1) is 16.8. The van der Waals surface area contributed by atoms with Gasteiger partial charge in [-0.1, -0.05) is 71.7 Å². The van der Waals surface area contributed by atoms with Crippen LogP contribution in [0.15, 0.2) is 54.9 Å². The Morgan fingerprint density at radius 2 is 1.54 bits per heavy atom. The predicted molar refractivity (Wildman–Crippen MR) is 130 cm³/mol. The number of carboxylic acids is 1. The number of fused-ring (bicyclic) bond motifs is 3. The molecule has 0 aliphatic heterocycles. The van der Waals surface area contributed by atoms with Crippen LogP contribution in [0.2, 0.25) is 10.3 Å². The zero-order valence-corrected chi connectivity index (χ0v) is 19.7. The number of alkyl carbamates (subject to hydrolysis) is 1. The van der Waals surface area contributed by atoms with E-state index in [4.69, 9.17) is 33.0 Å². The molecule has 0 saturated carbocycles. The third-order valence-electron chi connectivity index (χ3n) is 5.60. The molecule has 3 aromatic rings. The summed E-state index contributed by atoms with van der Waals surface area (Å²) in [7, 11) is 0. The summed E-state index contributed by atoms with van der Waals surface area (Å²) in [5.41, 5.74) is 4.19. The fourth-order valence-electron chi connectivity index (χ4n) is 3.98. The monoisotopic (exact) mass is 514 g/mol. The van der Waals surface area contributed by atoms with E-state index in [9.17, 15) is 14.4 Å². The zero-order chi connectivity index (χ0) is 24.9. The Bertz CT molecular complexity index is 1220. The lowest BCUT2D eigenvalue weighted by Crippen LogP contribution is -2.44. The molecule has 0 bridgehead atoms. The van der Waals surface area contributed by atoms with Crippen molar-refractivity contribution in [3.63, 3.8) is 0 Å². The summed E-state index contributed by atoms with van der Waals surface area (Å²) in [5.74, 6) is -2.03. The van der Waals surface area contributed by atoms with Gasteiger partial charge in [0, 0.05) is 12.3 Å². The molecule has 2 aromatic carbocycles. The third kappa shape index (κ3) is 5.52. The summed E-state index contributed by atoms with van der Waals surface area (Å²) < 4.78 is 5.47. The second-order valence-electron chi connectivity index (χ2n) is 7.77. The van der Waals surface area contributed by atoms with Crippen molar-refractivity contribution >= 4 is 46.9 Å². The molecule has 0 radical (unpaired) electrons. The Labute approximate surface area is 210 Å². The van der Waals surface area contributed by atoms with Crippen LogP contribution in [0.3, 0.4) is 0 Å². The van der Waals surface area contributed by atoms with Crippen molar-refractivity contribution in [2.75, 3.05) is 11.9 Å². The van der Waals surface area contributed by atoms with Gasteiger partial charge in [-0.2, -0.15) is 0 Å². The standard InChI is InChI=1S/C24H20Cl2N4O5/c25-21-20(22(26)28-12-27-21)30-23(33)18(9-10-19(31)32)29-24(34)35-11-17-15-7-3-1-5-13(15)14-6-2-4-8-16(14)17/h1-8,12,17-18H,9-11H2,(H,29,34)(H,30,33)(H,31,32). The number of carboxylic acid groups (broad SMARTS) is 1. The fourth-order valence-corrected chi connectivity index (χ4v) is 4.39. The molecule has 1 heterocycles. The minimum atomic E-state index is -1.23. The average Bonchev–Trinajstić information content (AvgIpc) is 3.16. The van der Waals surface area contributed by atoms with E-state index < -0.39 is 24.0 Å². The average molecular weight is 515 g/mol. The predicted octanol–water partition coefficient (Wildman–Crippen LogP) is 4.49. The van der Waals surface area contributed by atoms with Crippen molar-refractivity contribution in [3.8, 4) is 11.1 Å². The van der Waals surface area contributed by atoms with Gasteiger partial charge >= 0.3 is 12.1 Å². The molecule has 35 heavy (non-hydrogen) atoms. The lowest BCUT2D eigenvalue weighted by Gasteiger charge is -2.19. The number of carbonyl (C=O) groups excluding carboxylic acids is 2. The Morgan fingerprint density at radius 3 is 2.11 bits per heavy atom. The molecule has 180 valence electrons. The molecular formula is C24H20Cl2N4O5. The number of anilines is 1. The number of aromatic nitrogens is 2. The van der Waals surface area contributed by atoms with E-state index in [1.807, 2.05) is 48.5 Å². The third-order valence-corrected chi connectivity index (χ3v) is 6.18. The molecular weight excluding hydrogens is 495 g/mol. The Morgan fingerprint density at radius 1 is 0.971 bits per heavy atom. The first kappa shape index (κ1) is 24.4. The highest BCUT2D eigenvalue weighted by Crippen LogP contribution is 2.44. The van der Waals surface area contributed by atoms with Crippen molar-refractivity contribution in [2.24, 2.45) is 0 Å².